The van der Waals surface area contributed by atoms with Crippen LogP contribution < -0.4 is 0 Å². The first-order valence-corrected chi connectivity index (χ1v) is 11.3. The molecule has 0 amide bonds. The van der Waals surface area contributed by atoms with E-state index in [4.69, 9.17) is 4.98 Å². The van der Waals surface area contributed by atoms with Crippen molar-refractivity contribution < 1.29 is 0 Å². The topological polar surface area (TPSA) is 12.9 Å². The highest BCUT2D eigenvalue weighted by atomic mass is 14.7. The van der Waals surface area contributed by atoms with Crippen molar-refractivity contribution in [3.05, 3.63) is 65.4 Å². The standard InChI is InChI=1S/C28H35N/c1-19-13-24(16-26(14-19)28(3,4)5)27-17-23-12-11-22(15-25(23)18-29-27)20(2)21-9-7-6-8-10-21/h11-18,20-21H,6-10H2,1-5H3. The molecule has 1 heteroatoms. The minimum absolute atomic E-state index is 0.141. The van der Waals surface area contributed by atoms with Gasteiger partial charge in [0.1, 0.15) is 0 Å². The van der Waals surface area contributed by atoms with Crippen molar-refractivity contribution in [3.8, 4) is 11.3 Å². The van der Waals surface area contributed by atoms with Crippen LogP contribution in [0.5, 0.6) is 0 Å². The van der Waals surface area contributed by atoms with Crippen LogP contribution in [0.1, 0.15) is 82.4 Å². The van der Waals surface area contributed by atoms with Gasteiger partial charge in [-0.2, -0.15) is 0 Å². The minimum atomic E-state index is 0.141. The van der Waals surface area contributed by atoms with Crippen LogP contribution in [0.25, 0.3) is 22.0 Å². The molecule has 0 saturated heterocycles. The van der Waals surface area contributed by atoms with E-state index in [1.54, 1.807) is 0 Å². The molecule has 1 atom stereocenters. The Kier molecular flexibility index (Phi) is 5.51. The molecule has 1 nitrogen and oxygen atoms in total. The van der Waals surface area contributed by atoms with Crippen molar-refractivity contribution in [2.75, 3.05) is 0 Å². The van der Waals surface area contributed by atoms with Crippen LogP contribution in [-0.4, -0.2) is 4.98 Å². The molecule has 1 aliphatic rings. The first-order chi connectivity index (χ1) is 13.8. The smallest absolute Gasteiger partial charge is 0.0708 e. The molecule has 0 N–H and O–H groups in total. The van der Waals surface area contributed by atoms with Crippen LogP contribution in [0.4, 0.5) is 0 Å². The molecule has 1 aromatic heterocycles. The predicted molar refractivity (Wildman–Crippen MR) is 126 cm³/mol. The molecular formula is C28H35N. The second-order valence-corrected chi connectivity index (χ2v) is 10.2. The van der Waals surface area contributed by atoms with Gasteiger partial charge in [-0.05, 0) is 77.8 Å². The van der Waals surface area contributed by atoms with Gasteiger partial charge in [0.2, 0.25) is 0 Å². The third-order valence-corrected chi connectivity index (χ3v) is 6.87. The molecule has 3 aromatic rings. The molecule has 0 spiro atoms. The molecule has 0 radical (unpaired) electrons. The van der Waals surface area contributed by atoms with Crippen LogP contribution in [0, 0.1) is 12.8 Å². The Morgan fingerprint density at radius 1 is 0.897 bits per heavy atom. The van der Waals surface area contributed by atoms with Crippen molar-refractivity contribution in [1.82, 2.24) is 4.98 Å². The van der Waals surface area contributed by atoms with Gasteiger partial charge in [-0.1, -0.05) is 70.7 Å². The zero-order valence-electron chi connectivity index (χ0n) is 18.8. The molecule has 4 rings (SSSR count). The lowest BCUT2D eigenvalue weighted by Crippen LogP contribution is -2.13. The highest BCUT2D eigenvalue weighted by Gasteiger charge is 2.21. The average Bonchev–Trinajstić information content (AvgIpc) is 2.72. The highest BCUT2D eigenvalue weighted by Crippen LogP contribution is 2.37. The number of nitrogens with zero attached hydrogens (tertiary/aromatic N) is 1. The van der Waals surface area contributed by atoms with E-state index in [2.05, 4.69) is 83.3 Å². The summed E-state index contributed by atoms with van der Waals surface area (Å²) in [6, 6.07) is 16.1. The van der Waals surface area contributed by atoms with Crippen LogP contribution in [0.3, 0.4) is 0 Å². The number of benzene rings is 2. The summed E-state index contributed by atoms with van der Waals surface area (Å²) in [6.45, 7) is 11.4. The molecule has 1 saturated carbocycles. The van der Waals surface area contributed by atoms with E-state index in [9.17, 15) is 0 Å². The summed E-state index contributed by atoms with van der Waals surface area (Å²) in [5.41, 5.74) is 6.57. The maximum absolute atomic E-state index is 4.85. The van der Waals surface area contributed by atoms with Crippen molar-refractivity contribution in [2.45, 2.75) is 78.1 Å². The van der Waals surface area contributed by atoms with Gasteiger partial charge < -0.3 is 0 Å². The second-order valence-electron chi connectivity index (χ2n) is 10.2. The maximum atomic E-state index is 4.85. The fourth-order valence-corrected chi connectivity index (χ4v) is 4.87. The fraction of sp³-hybridized carbons (Fsp3) is 0.464. The summed E-state index contributed by atoms with van der Waals surface area (Å²) in [4.78, 5) is 4.85. The lowest BCUT2D eigenvalue weighted by molar-refractivity contribution is 0.316. The summed E-state index contributed by atoms with van der Waals surface area (Å²) in [7, 11) is 0. The van der Waals surface area contributed by atoms with Gasteiger partial charge in [0.15, 0.2) is 0 Å². The Balaban J connectivity index is 1.66. The first kappa shape index (κ1) is 20.1. The summed E-state index contributed by atoms with van der Waals surface area (Å²) >= 11 is 0. The van der Waals surface area contributed by atoms with Crippen molar-refractivity contribution in [3.63, 3.8) is 0 Å². The molecule has 2 aromatic carbocycles. The molecule has 1 unspecified atom stereocenters. The van der Waals surface area contributed by atoms with Gasteiger partial charge in [0.05, 0.1) is 5.69 Å². The zero-order valence-corrected chi connectivity index (χ0v) is 18.8. The number of aryl methyl sites for hydroxylation is 1. The lowest BCUT2D eigenvalue weighted by Gasteiger charge is -2.28. The van der Waals surface area contributed by atoms with E-state index < -0.39 is 0 Å². The largest absolute Gasteiger partial charge is 0.256 e. The van der Waals surface area contributed by atoms with Crippen molar-refractivity contribution >= 4 is 10.8 Å². The number of aromatic nitrogens is 1. The van der Waals surface area contributed by atoms with Crippen LogP contribution in [0.2, 0.25) is 0 Å². The Bertz CT molecular complexity index is 1000. The quantitative estimate of drug-likeness (QED) is 0.443. The minimum Gasteiger partial charge on any atom is -0.256 e. The van der Waals surface area contributed by atoms with Crippen LogP contribution in [-0.2, 0) is 5.41 Å². The Morgan fingerprint density at radius 2 is 1.66 bits per heavy atom. The van der Waals surface area contributed by atoms with Gasteiger partial charge in [-0.3, -0.25) is 4.98 Å². The Labute approximate surface area is 176 Å². The number of hydrogen-bond donors (Lipinski definition) is 0. The van der Waals surface area contributed by atoms with E-state index in [0.717, 1.165) is 11.6 Å². The first-order valence-electron chi connectivity index (χ1n) is 11.3. The third-order valence-electron chi connectivity index (χ3n) is 6.87. The molecule has 0 bridgehead atoms. The molecule has 1 fully saturated rings. The molecule has 1 heterocycles. The number of hydrogen-bond acceptors (Lipinski definition) is 1. The summed E-state index contributed by atoms with van der Waals surface area (Å²) < 4.78 is 0. The molecule has 1 aliphatic carbocycles. The van der Waals surface area contributed by atoms with E-state index in [1.807, 2.05) is 0 Å². The second kappa shape index (κ2) is 7.94. The highest BCUT2D eigenvalue weighted by molar-refractivity contribution is 5.86. The summed E-state index contributed by atoms with van der Waals surface area (Å²) in [6.07, 6.45) is 9.07. The van der Waals surface area contributed by atoms with E-state index in [1.165, 1.54) is 65.1 Å². The number of rotatable bonds is 3. The van der Waals surface area contributed by atoms with Crippen LogP contribution >= 0.6 is 0 Å². The van der Waals surface area contributed by atoms with E-state index >= 15 is 0 Å². The summed E-state index contributed by atoms with van der Waals surface area (Å²) in [5.74, 6) is 1.49. The third kappa shape index (κ3) is 4.39. The lowest BCUT2D eigenvalue weighted by atomic mass is 9.77. The molecule has 29 heavy (non-hydrogen) atoms. The van der Waals surface area contributed by atoms with Gasteiger partial charge in [-0.15, -0.1) is 0 Å². The normalized spacial score (nSPS) is 16.9. The fourth-order valence-electron chi connectivity index (χ4n) is 4.87. The van der Waals surface area contributed by atoms with E-state index in [0.29, 0.717) is 5.92 Å². The molecular weight excluding hydrogens is 350 g/mol. The van der Waals surface area contributed by atoms with Crippen LogP contribution in [0.15, 0.2) is 48.7 Å². The van der Waals surface area contributed by atoms with Crippen molar-refractivity contribution in [2.24, 2.45) is 5.92 Å². The van der Waals surface area contributed by atoms with E-state index in [-0.39, 0.29) is 5.41 Å². The van der Waals surface area contributed by atoms with Crippen molar-refractivity contribution in [1.29, 1.82) is 0 Å². The van der Waals surface area contributed by atoms with Gasteiger partial charge in [0.25, 0.3) is 0 Å². The predicted octanol–water partition coefficient (Wildman–Crippen LogP) is 8.19. The molecule has 152 valence electrons. The monoisotopic (exact) mass is 385 g/mol. The zero-order chi connectivity index (χ0) is 20.6. The number of fused-ring (bicyclic) bond motifs is 1. The Hall–Kier alpha value is -2.15. The molecule has 0 aliphatic heterocycles. The summed E-state index contributed by atoms with van der Waals surface area (Å²) in [5, 5.41) is 2.55. The Morgan fingerprint density at radius 3 is 2.38 bits per heavy atom. The maximum Gasteiger partial charge on any atom is 0.0708 e. The van der Waals surface area contributed by atoms with Gasteiger partial charge in [-0.25, -0.2) is 0 Å². The number of pyridine rings is 1. The SMILES string of the molecule is Cc1cc(-c2cc3ccc(C(C)C4CCCCC4)cc3cn2)cc(C(C)(C)C)c1. The van der Waals surface area contributed by atoms with Gasteiger partial charge >= 0.3 is 0 Å². The average molecular weight is 386 g/mol. The van der Waals surface area contributed by atoms with Gasteiger partial charge in [0, 0.05) is 17.1 Å².